The van der Waals surface area contributed by atoms with Crippen LogP contribution in [0.5, 0.6) is 5.75 Å². The number of amides is 1. The van der Waals surface area contributed by atoms with Crippen molar-refractivity contribution < 1.29 is 27.8 Å². The Kier molecular flexibility index (Phi) is 2.32. The van der Waals surface area contributed by atoms with Crippen molar-refractivity contribution >= 4 is 11.6 Å². The number of carbonyl (C=O) groups is 1. The van der Waals surface area contributed by atoms with E-state index in [1.54, 1.807) is 0 Å². The molecule has 1 heterocycles. The van der Waals surface area contributed by atoms with Crippen LogP contribution < -0.4 is 10.1 Å². The van der Waals surface area contributed by atoms with Crippen molar-refractivity contribution in [1.82, 2.24) is 0 Å². The van der Waals surface area contributed by atoms with Crippen LogP contribution in [0.2, 0.25) is 0 Å². The second-order valence-corrected chi connectivity index (χ2v) is 3.57. The molecule has 0 aliphatic carbocycles. The number of benzene rings is 1. The number of halogens is 3. The fraction of sp³-hybridized carbons (Fsp3) is 0.300. The summed E-state index contributed by atoms with van der Waals surface area (Å²) in [5.74, 6) is -1.22. The van der Waals surface area contributed by atoms with Gasteiger partial charge in [-0.1, -0.05) is 0 Å². The molecule has 1 aliphatic heterocycles. The topological polar surface area (TPSA) is 58.6 Å². The fourth-order valence-corrected chi connectivity index (χ4v) is 1.69. The van der Waals surface area contributed by atoms with Crippen molar-refractivity contribution in [1.29, 1.82) is 0 Å². The Balaban J connectivity index is 2.59. The number of aliphatic hydroxyl groups is 1. The molecule has 2 rings (SSSR count). The minimum absolute atomic E-state index is 0.103. The molecule has 0 saturated carbocycles. The smallest absolute Gasteiger partial charge is 0.430 e. The molecule has 1 atom stereocenters. The molecule has 7 heteroatoms. The molecule has 0 saturated heterocycles. The van der Waals surface area contributed by atoms with Crippen molar-refractivity contribution in [2.24, 2.45) is 0 Å². The first kappa shape index (κ1) is 11.7. The second kappa shape index (κ2) is 3.36. The number of nitrogens with one attached hydrogen (secondary N) is 1. The predicted molar refractivity (Wildman–Crippen MR) is 51.6 cm³/mol. The fourth-order valence-electron chi connectivity index (χ4n) is 1.69. The molecule has 1 aliphatic rings. The third-order valence-corrected chi connectivity index (χ3v) is 2.60. The number of fused-ring (bicyclic) bond motifs is 1. The minimum atomic E-state index is -5.07. The maximum atomic E-state index is 12.7. The first-order valence-corrected chi connectivity index (χ1v) is 4.60. The summed E-state index contributed by atoms with van der Waals surface area (Å²) in [6.45, 7) is 0. The molecule has 1 unspecified atom stereocenters. The van der Waals surface area contributed by atoms with E-state index in [-0.39, 0.29) is 11.4 Å². The Morgan fingerprint density at radius 1 is 1.41 bits per heavy atom. The number of ether oxygens (including phenoxy) is 1. The number of hydrogen-bond acceptors (Lipinski definition) is 3. The molecular weight excluding hydrogens is 239 g/mol. The van der Waals surface area contributed by atoms with Crippen LogP contribution in [0.4, 0.5) is 18.9 Å². The lowest BCUT2D eigenvalue weighted by atomic mass is 9.95. The van der Waals surface area contributed by atoms with E-state index in [9.17, 15) is 23.1 Å². The number of carbonyl (C=O) groups excluding carboxylic acids is 1. The number of alkyl halides is 3. The summed E-state index contributed by atoms with van der Waals surface area (Å²) in [4.78, 5) is 11.3. The van der Waals surface area contributed by atoms with E-state index < -0.39 is 23.2 Å². The van der Waals surface area contributed by atoms with Gasteiger partial charge < -0.3 is 15.2 Å². The van der Waals surface area contributed by atoms with E-state index >= 15 is 0 Å². The Morgan fingerprint density at radius 2 is 2.06 bits per heavy atom. The molecule has 0 spiro atoms. The summed E-state index contributed by atoms with van der Waals surface area (Å²) in [6.07, 6.45) is -5.07. The Morgan fingerprint density at radius 3 is 2.59 bits per heavy atom. The van der Waals surface area contributed by atoms with E-state index in [1.807, 2.05) is 5.32 Å². The maximum absolute atomic E-state index is 12.7. The van der Waals surface area contributed by atoms with Crippen LogP contribution >= 0.6 is 0 Å². The van der Waals surface area contributed by atoms with E-state index in [4.69, 9.17) is 4.74 Å². The lowest BCUT2D eigenvalue weighted by molar-refractivity contribution is -0.252. The SMILES string of the molecule is COc1ccc2c(c1)NC(=O)C2(O)C(F)(F)F. The lowest BCUT2D eigenvalue weighted by Crippen LogP contribution is -2.47. The number of hydrogen-bond donors (Lipinski definition) is 2. The van der Waals surface area contributed by atoms with Crippen LogP contribution in [0.3, 0.4) is 0 Å². The van der Waals surface area contributed by atoms with Gasteiger partial charge in [0.25, 0.3) is 11.5 Å². The summed E-state index contributed by atoms with van der Waals surface area (Å²) in [6, 6.07) is 3.48. The molecule has 1 aromatic carbocycles. The third kappa shape index (κ3) is 1.46. The molecule has 92 valence electrons. The maximum Gasteiger partial charge on any atom is 0.430 e. The monoisotopic (exact) mass is 247 g/mol. The third-order valence-electron chi connectivity index (χ3n) is 2.60. The average Bonchev–Trinajstić information content (AvgIpc) is 2.51. The van der Waals surface area contributed by atoms with Gasteiger partial charge in [0.15, 0.2) is 0 Å². The summed E-state index contributed by atoms with van der Waals surface area (Å²) < 4.78 is 43.0. The highest BCUT2D eigenvalue weighted by Gasteiger charge is 2.64. The summed E-state index contributed by atoms with van der Waals surface area (Å²) in [5, 5.41) is 11.5. The van der Waals surface area contributed by atoms with Gasteiger partial charge in [0.05, 0.1) is 12.8 Å². The normalized spacial score (nSPS) is 23.2. The van der Waals surface area contributed by atoms with Crippen LogP contribution in [0.15, 0.2) is 18.2 Å². The van der Waals surface area contributed by atoms with Crippen molar-refractivity contribution in [2.45, 2.75) is 11.8 Å². The number of methoxy groups -OCH3 is 1. The highest BCUT2D eigenvalue weighted by atomic mass is 19.4. The van der Waals surface area contributed by atoms with Crippen molar-refractivity contribution in [3.05, 3.63) is 23.8 Å². The van der Waals surface area contributed by atoms with Crippen molar-refractivity contribution in [2.75, 3.05) is 12.4 Å². The first-order chi connectivity index (χ1) is 7.80. The van der Waals surface area contributed by atoms with Crippen LogP contribution in [-0.4, -0.2) is 24.3 Å². The van der Waals surface area contributed by atoms with Crippen LogP contribution in [0, 0.1) is 0 Å². The Labute approximate surface area is 94.0 Å². The highest BCUT2D eigenvalue weighted by Crippen LogP contribution is 2.47. The number of anilines is 1. The van der Waals surface area contributed by atoms with Crippen LogP contribution in [0.25, 0.3) is 0 Å². The highest BCUT2D eigenvalue weighted by molar-refractivity contribution is 6.05. The Hall–Kier alpha value is -1.76. The van der Waals surface area contributed by atoms with Gasteiger partial charge >= 0.3 is 6.18 Å². The molecule has 1 amide bonds. The molecule has 2 N–H and O–H groups in total. The summed E-state index contributed by atoms with van der Waals surface area (Å²) in [7, 11) is 1.34. The standard InChI is InChI=1S/C10H8F3NO3/c1-17-5-2-3-6-7(4-5)14-8(15)9(6,16)10(11,12)13/h2-4,16H,1H3,(H,14,15). The van der Waals surface area contributed by atoms with Gasteiger partial charge in [0.1, 0.15) is 5.75 Å². The molecule has 0 bridgehead atoms. The average molecular weight is 247 g/mol. The minimum Gasteiger partial charge on any atom is -0.497 e. The molecular formula is C10H8F3NO3. The van der Waals surface area contributed by atoms with E-state index in [1.165, 1.54) is 19.2 Å². The largest absolute Gasteiger partial charge is 0.497 e. The molecule has 0 aromatic heterocycles. The molecule has 1 aromatic rings. The molecule has 17 heavy (non-hydrogen) atoms. The van der Waals surface area contributed by atoms with Crippen LogP contribution in [-0.2, 0) is 10.4 Å². The van der Waals surface area contributed by atoms with Gasteiger partial charge in [0, 0.05) is 11.6 Å². The predicted octanol–water partition coefficient (Wildman–Crippen LogP) is 1.40. The molecule has 4 nitrogen and oxygen atoms in total. The van der Waals surface area contributed by atoms with Gasteiger partial charge in [0.2, 0.25) is 0 Å². The van der Waals surface area contributed by atoms with Gasteiger partial charge in [-0.3, -0.25) is 4.79 Å². The zero-order valence-electron chi connectivity index (χ0n) is 8.63. The number of rotatable bonds is 1. The van der Waals surface area contributed by atoms with Gasteiger partial charge in [-0.05, 0) is 12.1 Å². The van der Waals surface area contributed by atoms with Crippen molar-refractivity contribution in [3.8, 4) is 5.75 Å². The van der Waals surface area contributed by atoms with Gasteiger partial charge in [-0.15, -0.1) is 0 Å². The zero-order valence-corrected chi connectivity index (χ0v) is 8.63. The zero-order chi connectivity index (χ0) is 12.8. The Bertz CT molecular complexity index is 486. The van der Waals surface area contributed by atoms with E-state index in [0.29, 0.717) is 0 Å². The second-order valence-electron chi connectivity index (χ2n) is 3.57. The van der Waals surface area contributed by atoms with E-state index in [2.05, 4.69) is 0 Å². The summed E-state index contributed by atoms with van der Waals surface area (Å²) in [5.41, 5.74) is -4.11. The van der Waals surface area contributed by atoms with Crippen LogP contribution in [0.1, 0.15) is 5.56 Å². The van der Waals surface area contributed by atoms with Gasteiger partial charge in [-0.2, -0.15) is 13.2 Å². The molecule has 0 fully saturated rings. The van der Waals surface area contributed by atoms with Gasteiger partial charge in [-0.25, -0.2) is 0 Å². The molecule has 0 radical (unpaired) electrons. The summed E-state index contributed by atoms with van der Waals surface area (Å²) >= 11 is 0. The van der Waals surface area contributed by atoms with Crippen molar-refractivity contribution in [3.63, 3.8) is 0 Å². The quantitative estimate of drug-likeness (QED) is 0.788. The van der Waals surface area contributed by atoms with E-state index in [0.717, 1.165) is 6.07 Å². The first-order valence-electron chi connectivity index (χ1n) is 4.60. The lowest BCUT2D eigenvalue weighted by Gasteiger charge is -2.23.